The first-order valence-electron chi connectivity index (χ1n) is 3.56. The summed E-state index contributed by atoms with van der Waals surface area (Å²) < 4.78 is 1.67. The second-order valence-corrected chi connectivity index (χ2v) is 3.28. The minimum absolute atomic E-state index is 0.0653. The maximum Gasteiger partial charge on any atom is 0.0819 e. The fraction of sp³-hybridized carbons (Fsp3) is 0.714. The van der Waals surface area contributed by atoms with Gasteiger partial charge in [0.25, 0.3) is 0 Å². The van der Waals surface area contributed by atoms with Crippen molar-refractivity contribution in [3.8, 4) is 0 Å². The third kappa shape index (κ3) is 1.57. The summed E-state index contributed by atoms with van der Waals surface area (Å²) in [6, 6.07) is 0. The quantitative estimate of drug-likeness (QED) is 0.669. The van der Waals surface area contributed by atoms with Gasteiger partial charge in [-0.05, 0) is 20.8 Å². The zero-order valence-corrected chi connectivity index (χ0v) is 7.07. The average molecular weight is 155 g/mol. The Morgan fingerprint density at radius 2 is 2.27 bits per heavy atom. The first kappa shape index (κ1) is 8.20. The van der Waals surface area contributed by atoms with Gasteiger partial charge in [0, 0.05) is 6.20 Å². The van der Waals surface area contributed by atoms with Crippen LogP contribution >= 0.6 is 0 Å². The van der Waals surface area contributed by atoms with Gasteiger partial charge in [-0.15, -0.1) is 5.10 Å². The Kier molecular flexibility index (Phi) is 1.95. The first-order chi connectivity index (χ1) is 5.06. The van der Waals surface area contributed by atoms with Gasteiger partial charge in [-0.1, -0.05) is 5.21 Å². The summed E-state index contributed by atoms with van der Waals surface area (Å²) in [6.07, 6.45) is 1.82. The molecule has 0 saturated heterocycles. The molecule has 0 atom stereocenters. The van der Waals surface area contributed by atoms with E-state index in [1.807, 2.05) is 27.0 Å². The molecule has 0 bridgehead atoms. The van der Waals surface area contributed by atoms with Crippen LogP contribution in [0.3, 0.4) is 0 Å². The standard InChI is InChI=1S/C7H13N3O/c1-6-4-10(9-8-6)7(2,3)5-11/h4,11H,5H2,1-3H3. The normalized spacial score (nSPS) is 12.0. The second kappa shape index (κ2) is 2.62. The fourth-order valence-electron chi connectivity index (χ4n) is 0.716. The molecule has 0 spiro atoms. The zero-order valence-electron chi connectivity index (χ0n) is 7.07. The summed E-state index contributed by atoms with van der Waals surface area (Å²) in [5.41, 5.74) is 0.521. The van der Waals surface area contributed by atoms with E-state index in [-0.39, 0.29) is 12.1 Å². The van der Waals surface area contributed by atoms with Gasteiger partial charge < -0.3 is 5.11 Å². The molecule has 0 amide bonds. The SMILES string of the molecule is Cc1cn(C(C)(C)CO)nn1. The maximum absolute atomic E-state index is 8.97. The second-order valence-electron chi connectivity index (χ2n) is 3.28. The molecule has 0 aromatic carbocycles. The van der Waals surface area contributed by atoms with Crippen molar-refractivity contribution in [1.82, 2.24) is 15.0 Å². The molecule has 1 rings (SSSR count). The van der Waals surface area contributed by atoms with Gasteiger partial charge in [0.05, 0.1) is 17.8 Å². The lowest BCUT2D eigenvalue weighted by Gasteiger charge is -2.20. The van der Waals surface area contributed by atoms with Crippen molar-refractivity contribution in [1.29, 1.82) is 0 Å². The molecule has 1 N–H and O–H groups in total. The van der Waals surface area contributed by atoms with Crippen LogP contribution in [0, 0.1) is 6.92 Å². The molecular weight excluding hydrogens is 142 g/mol. The smallest absolute Gasteiger partial charge is 0.0819 e. The number of hydrogen-bond donors (Lipinski definition) is 1. The van der Waals surface area contributed by atoms with Crippen molar-refractivity contribution in [2.75, 3.05) is 6.61 Å². The molecule has 4 heteroatoms. The van der Waals surface area contributed by atoms with E-state index in [2.05, 4.69) is 10.3 Å². The van der Waals surface area contributed by atoms with Gasteiger partial charge in [-0.25, -0.2) is 4.68 Å². The highest BCUT2D eigenvalue weighted by molar-refractivity contribution is 4.90. The Bertz CT molecular complexity index is 242. The maximum atomic E-state index is 8.97. The molecule has 0 aliphatic carbocycles. The Balaban J connectivity index is 2.92. The predicted octanol–water partition coefficient (Wildman–Crippen LogP) is 0.314. The van der Waals surface area contributed by atoms with Gasteiger partial charge >= 0.3 is 0 Å². The summed E-state index contributed by atoms with van der Waals surface area (Å²) >= 11 is 0. The molecule has 0 saturated carbocycles. The van der Waals surface area contributed by atoms with Crippen molar-refractivity contribution in [3.63, 3.8) is 0 Å². The summed E-state index contributed by atoms with van der Waals surface area (Å²) in [7, 11) is 0. The van der Waals surface area contributed by atoms with E-state index in [1.54, 1.807) is 4.68 Å². The first-order valence-corrected chi connectivity index (χ1v) is 3.56. The van der Waals surface area contributed by atoms with Crippen molar-refractivity contribution < 1.29 is 5.11 Å². The van der Waals surface area contributed by atoms with Crippen LogP contribution in [0.2, 0.25) is 0 Å². The molecule has 0 fully saturated rings. The number of aromatic nitrogens is 3. The van der Waals surface area contributed by atoms with Crippen LogP contribution in [0.4, 0.5) is 0 Å². The fourth-order valence-corrected chi connectivity index (χ4v) is 0.716. The van der Waals surface area contributed by atoms with Crippen molar-refractivity contribution >= 4 is 0 Å². The van der Waals surface area contributed by atoms with Gasteiger partial charge in [0.2, 0.25) is 0 Å². The highest BCUT2D eigenvalue weighted by Crippen LogP contribution is 2.11. The molecule has 0 radical (unpaired) electrons. The number of nitrogens with zero attached hydrogens (tertiary/aromatic N) is 3. The minimum atomic E-state index is -0.346. The number of aryl methyl sites for hydroxylation is 1. The molecule has 11 heavy (non-hydrogen) atoms. The largest absolute Gasteiger partial charge is 0.394 e. The number of rotatable bonds is 2. The van der Waals surface area contributed by atoms with Crippen LogP contribution in [0.5, 0.6) is 0 Å². The number of hydrogen-bond acceptors (Lipinski definition) is 3. The molecule has 0 aliphatic heterocycles. The van der Waals surface area contributed by atoms with E-state index in [0.29, 0.717) is 0 Å². The summed E-state index contributed by atoms with van der Waals surface area (Å²) in [4.78, 5) is 0. The monoisotopic (exact) mass is 155 g/mol. The molecule has 1 heterocycles. The Labute approximate surface area is 65.8 Å². The molecule has 1 aromatic heterocycles. The third-order valence-corrected chi connectivity index (χ3v) is 1.62. The number of aliphatic hydroxyl groups is 1. The van der Waals surface area contributed by atoms with Crippen LogP contribution < -0.4 is 0 Å². The van der Waals surface area contributed by atoms with E-state index in [9.17, 15) is 0 Å². The molecular formula is C7H13N3O. The molecule has 0 aliphatic rings. The third-order valence-electron chi connectivity index (χ3n) is 1.62. The van der Waals surface area contributed by atoms with E-state index in [1.165, 1.54) is 0 Å². The summed E-state index contributed by atoms with van der Waals surface area (Å²) in [5, 5.41) is 16.7. The Morgan fingerprint density at radius 3 is 2.64 bits per heavy atom. The number of aliphatic hydroxyl groups excluding tert-OH is 1. The summed E-state index contributed by atoms with van der Waals surface area (Å²) in [5.74, 6) is 0. The van der Waals surface area contributed by atoms with E-state index in [4.69, 9.17) is 5.11 Å². The van der Waals surface area contributed by atoms with Crippen LogP contribution in [0.15, 0.2) is 6.20 Å². The topological polar surface area (TPSA) is 50.9 Å². The lowest BCUT2D eigenvalue weighted by atomic mass is 10.1. The van der Waals surface area contributed by atoms with E-state index in [0.717, 1.165) is 5.69 Å². The van der Waals surface area contributed by atoms with Crippen LogP contribution in [-0.2, 0) is 5.54 Å². The van der Waals surface area contributed by atoms with Gasteiger partial charge in [-0.3, -0.25) is 0 Å². The van der Waals surface area contributed by atoms with E-state index >= 15 is 0 Å². The Morgan fingerprint density at radius 1 is 1.64 bits per heavy atom. The average Bonchev–Trinajstić information content (AvgIpc) is 2.36. The summed E-state index contributed by atoms with van der Waals surface area (Å²) in [6.45, 7) is 5.75. The van der Waals surface area contributed by atoms with Gasteiger partial charge in [0.1, 0.15) is 0 Å². The van der Waals surface area contributed by atoms with Crippen molar-refractivity contribution in [3.05, 3.63) is 11.9 Å². The molecule has 1 aromatic rings. The predicted molar refractivity (Wildman–Crippen MR) is 41.2 cm³/mol. The Hall–Kier alpha value is -0.900. The lowest BCUT2D eigenvalue weighted by Crippen LogP contribution is -2.30. The highest BCUT2D eigenvalue weighted by atomic mass is 16.3. The van der Waals surface area contributed by atoms with Crippen LogP contribution in [-0.4, -0.2) is 26.7 Å². The van der Waals surface area contributed by atoms with E-state index < -0.39 is 0 Å². The van der Waals surface area contributed by atoms with Crippen molar-refractivity contribution in [2.24, 2.45) is 0 Å². The lowest BCUT2D eigenvalue weighted by molar-refractivity contribution is 0.150. The zero-order chi connectivity index (χ0) is 8.48. The minimum Gasteiger partial charge on any atom is -0.394 e. The van der Waals surface area contributed by atoms with Crippen LogP contribution in [0.25, 0.3) is 0 Å². The van der Waals surface area contributed by atoms with Gasteiger partial charge in [0.15, 0.2) is 0 Å². The van der Waals surface area contributed by atoms with Crippen molar-refractivity contribution in [2.45, 2.75) is 26.3 Å². The van der Waals surface area contributed by atoms with Crippen LogP contribution in [0.1, 0.15) is 19.5 Å². The molecule has 0 unspecified atom stereocenters. The molecule has 62 valence electrons. The molecule has 4 nitrogen and oxygen atoms in total. The van der Waals surface area contributed by atoms with Gasteiger partial charge in [-0.2, -0.15) is 0 Å². The highest BCUT2D eigenvalue weighted by Gasteiger charge is 2.19.